The maximum Gasteiger partial charge on any atom is 0.324 e. The van der Waals surface area contributed by atoms with Crippen LogP contribution in [0.4, 0.5) is 9.18 Å². The molecule has 3 N–H and O–H groups in total. The highest BCUT2D eigenvalue weighted by Gasteiger charge is 2.28. The van der Waals surface area contributed by atoms with Crippen LogP contribution in [0, 0.1) is 5.82 Å². The van der Waals surface area contributed by atoms with Gasteiger partial charge in [-0.25, -0.2) is 9.18 Å². The molecule has 0 unspecified atom stereocenters. The average molecular weight is 237 g/mol. The van der Waals surface area contributed by atoms with Gasteiger partial charge < -0.3 is 11.1 Å². The molecule has 1 aromatic carbocycles. The van der Waals surface area contributed by atoms with Gasteiger partial charge in [0.1, 0.15) is 5.82 Å². The Kier molecular flexibility index (Phi) is 3.06. The van der Waals surface area contributed by atoms with Gasteiger partial charge in [-0.3, -0.25) is 9.69 Å². The Morgan fingerprint density at radius 1 is 1.41 bits per heavy atom. The van der Waals surface area contributed by atoms with E-state index in [9.17, 15) is 14.0 Å². The molecule has 90 valence electrons. The summed E-state index contributed by atoms with van der Waals surface area (Å²) in [5.74, 6) is -0.808. The van der Waals surface area contributed by atoms with Crippen LogP contribution in [0.15, 0.2) is 18.2 Å². The Labute approximate surface area is 97.4 Å². The van der Waals surface area contributed by atoms with Gasteiger partial charge in [-0.1, -0.05) is 12.1 Å². The molecule has 0 radical (unpaired) electrons. The summed E-state index contributed by atoms with van der Waals surface area (Å²) in [6.45, 7) is 0.170. The molecule has 0 spiro atoms. The van der Waals surface area contributed by atoms with Crippen molar-refractivity contribution in [1.29, 1.82) is 0 Å². The number of imide groups is 1. The summed E-state index contributed by atoms with van der Waals surface area (Å²) in [5, 5.41) is 2.38. The third-order valence-corrected chi connectivity index (χ3v) is 2.62. The highest BCUT2D eigenvalue weighted by molar-refractivity contribution is 6.01. The Bertz CT molecular complexity index is 460. The summed E-state index contributed by atoms with van der Waals surface area (Å²) < 4.78 is 13.6. The highest BCUT2D eigenvalue weighted by Crippen LogP contribution is 2.14. The minimum atomic E-state index is -0.489. The van der Waals surface area contributed by atoms with Crippen molar-refractivity contribution in [2.45, 2.75) is 13.1 Å². The minimum absolute atomic E-state index is 0.0265. The van der Waals surface area contributed by atoms with Gasteiger partial charge in [-0.05, 0) is 11.6 Å². The number of halogens is 1. The number of benzene rings is 1. The van der Waals surface area contributed by atoms with Crippen molar-refractivity contribution in [3.05, 3.63) is 35.1 Å². The maximum absolute atomic E-state index is 13.6. The Balaban J connectivity index is 2.18. The summed E-state index contributed by atoms with van der Waals surface area (Å²) >= 11 is 0. The van der Waals surface area contributed by atoms with Gasteiger partial charge in [0.15, 0.2) is 0 Å². The van der Waals surface area contributed by atoms with Crippen LogP contribution in [0.3, 0.4) is 0 Å². The average Bonchev–Trinajstić information content (AvgIpc) is 2.63. The van der Waals surface area contributed by atoms with E-state index < -0.39 is 11.8 Å². The molecule has 0 aliphatic carbocycles. The van der Waals surface area contributed by atoms with E-state index in [0.717, 1.165) is 4.90 Å². The van der Waals surface area contributed by atoms with Crippen LogP contribution in [0.5, 0.6) is 0 Å². The molecule has 0 saturated carbocycles. The molecule has 1 aliphatic heterocycles. The van der Waals surface area contributed by atoms with Crippen LogP contribution in [0.2, 0.25) is 0 Å². The fourth-order valence-electron chi connectivity index (χ4n) is 1.63. The number of nitrogens with two attached hydrogens (primary N) is 1. The van der Waals surface area contributed by atoms with E-state index in [1.165, 1.54) is 12.1 Å². The van der Waals surface area contributed by atoms with Crippen LogP contribution in [-0.4, -0.2) is 23.4 Å². The standard InChI is InChI=1S/C11H12FN3O2/c12-9-3-7(4-13)1-2-8(9)6-15-10(16)5-14-11(15)17/h1-3H,4-6,13H2,(H,14,17). The van der Waals surface area contributed by atoms with Gasteiger partial charge in [0.2, 0.25) is 5.91 Å². The molecule has 6 heteroatoms. The first-order chi connectivity index (χ1) is 8.11. The van der Waals surface area contributed by atoms with E-state index in [0.29, 0.717) is 11.1 Å². The van der Waals surface area contributed by atoms with Crippen molar-refractivity contribution < 1.29 is 14.0 Å². The normalized spacial score (nSPS) is 15.3. The van der Waals surface area contributed by atoms with Crippen molar-refractivity contribution in [1.82, 2.24) is 10.2 Å². The zero-order chi connectivity index (χ0) is 12.4. The molecule has 1 aliphatic rings. The Hall–Kier alpha value is -1.95. The molecule has 2 rings (SSSR count). The SMILES string of the molecule is NCc1ccc(CN2C(=O)CNC2=O)c(F)c1. The van der Waals surface area contributed by atoms with Crippen molar-refractivity contribution >= 4 is 11.9 Å². The Morgan fingerprint density at radius 3 is 2.71 bits per heavy atom. The van der Waals surface area contributed by atoms with E-state index in [-0.39, 0.29) is 25.5 Å². The molecule has 17 heavy (non-hydrogen) atoms. The summed E-state index contributed by atoms with van der Waals surface area (Å²) in [4.78, 5) is 23.6. The van der Waals surface area contributed by atoms with Gasteiger partial charge in [-0.2, -0.15) is 0 Å². The smallest absolute Gasteiger partial charge is 0.324 e. The van der Waals surface area contributed by atoms with Gasteiger partial charge in [0.05, 0.1) is 13.1 Å². The first-order valence-electron chi connectivity index (χ1n) is 5.17. The first kappa shape index (κ1) is 11.5. The number of urea groups is 1. The monoisotopic (exact) mass is 237 g/mol. The number of rotatable bonds is 3. The van der Waals surface area contributed by atoms with E-state index in [2.05, 4.69) is 5.32 Å². The molecule has 3 amide bonds. The number of hydrogen-bond donors (Lipinski definition) is 2. The van der Waals surface area contributed by atoms with Gasteiger partial charge in [0, 0.05) is 12.1 Å². The van der Waals surface area contributed by atoms with Crippen molar-refractivity contribution in [2.75, 3.05) is 6.54 Å². The van der Waals surface area contributed by atoms with Gasteiger partial charge >= 0.3 is 6.03 Å². The molecule has 1 saturated heterocycles. The van der Waals surface area contributed by atoms with Crippen LogP contribution >= 0.6 is 0 Å². The molecule has 0 bridgehead atoms. The lowest BCUT2D eigenvalue weighted by molar-refractivity contribution is -0.125. The second-order valence-electron chi connectivity index (χ2n) is 3.77. The molecule has 1 aromatic rings. The Morgan fingerprint density at radius 2 is 2.18 bits per heavy atom. The molecule has 1 fully saturated rings. The second-order valence-corrected chi connectivity index (χ2v) is 3.77. The fourth-order valence-corrected chi connectivity index (χ4v) is 1.63. The lowest BCUT2D eigenvalue weighted by atomic mass is 10.1. The summed E-state index contributed by atoms with van der Waals surface area (Å²) in [5.41, 5.74) is 6.35. The van der Waals surface area contributed by atoms with Crippen LogP contribution < -0.4 is 11.1 Å². The third kappa shape index (κ3) is 2.26. The lowest BCUT2D eigenvalue weighted by Gasteiger charge is -2.13. The summed E-state index contributed by atoms with van der Waals surface area (Å²) in [6.07, 6.45) is 0. The van der Waals surface area contributed by atoms with Crippen LogP contribution in [0.1, 0.15) is 11.1 Å². The summed E-state index contributed by atoms with van der Waals surface area (Å²) in [6, 6.07) is 4.04. The zero-order valence-electron chi connectivity index (χ0n) is 9.07. The summed E-state index contributed by atoms with van der Waals surface area (Å²) in [7, 11) is 0. The number of carbonyl (C=O) groups is 2. The number of hydrogen-bond acceptors (Lipinski definition) is 3. The van der Waals surface area contributed by atoms with Crippen LogP contribution in [0.25, 0.3) is 0 Å². The predicted octanol–water partition coefficient (Wildman–Crippen LogP) is 0.336. The topological polar surface area (TPSA) is 75.4 Å². The number of carbonyl (C=O) groups excluding carboxylic acids is 2. The largest absolute Gasteiger partial charge is 0.329 e. The van der Waals surface area contributed by atoms with Crippen LogP contribution in [-0.2, 0) is 17.9 Å². The number of nitrogens with one attached hydrogen (secondary N) is 1. The zero-order valence-corrected chi connectivity index (χ0v) is 9.07. The fraction of sp³-hybridized carbons (Fsp3) is 0.273. The molecular formula is C11H12FN3O2. The third-order valence-electron chi connectivity index (χ3n) is 2.62. The van der Waals surface area contributed by atoms with E-state index in [1.54, 1.807) is 6.07 Å². The molecule has 0 atom stereocenters. The molecule has 1 heterocycles. The minimum Gasteiger partial charge on any atom is -0.329 e. The van der Waals surface area contributed by atoms with Gasteiger partial charge in [-0.15, -0.1) is 0 Å². The van der Waals surface area contributed by atoms with E-state index in [1.807, 2.05) is 0 Å². The predicted molar refractivity (Wildman–Crippen MR) is 58.2 cm³/mol. The molecule has 5 nitrogen and oxygen atoms in total. The molecular weight excluding hydrogens is 225 g/mol. The second kappa shape index (κ2) is 4.50. The quantitative estimate of drug-likeness (QED) is 0.744. The number of nitrogens with zero attached hydrogens (tertiary/aromatic N) is 1. The number of amides is 3. The van der Waals surface area contributed by atoms with E-state index >= 15 is 0 Å². The molecule has 0 aromatic heterocycles. The van der Waals surface area contributed by atoms with Crippen molar-refractivity contribution in [3.63, 3.8) is 0 Å². The van der Waals surface area contributed by atoms with Crippen molar-refractivity contribution in [2.24, 2.45) is 5.73 Å². The van der Waals surface area contributed by atoms with Crippen molar-refractivity contribution in [3.8, 4) is 0 Å². The lowest BCUT2D eigenvalue weighted by Crippen LogP contribution is -2.30. The maximum atomic E-state index is 13.6. The van der Waals surface area contributed by atoms with E-state index in [4.69, 9.17) is 5.73 Å². The van der Waals surface area contributed by atoms with Gasteiger partial charge in [0.25, 0.3) is 0 Å². The highest BCUT2D eigenvalue weighted by atomic mass is 19.1. The first-order valence-corrected chi connectivity index (χ1v) is 5.17.